The number of hydrogen-bond acceptors (Lipinski definition) is 5. The van der Waals surface area contributed by atoms with Crippen molar-refractivity contribution in [2.45, 2.75) is 77.0 Å². The molecule has 0 atom stereocenters. The van der Waals surface area contributed by atoms with Gasteiger partial charge in [-0.05, 0) is 158 Å². The van der Waals surface area contributed by atoms with Crippen LogP contribution in [-0.2, 0) is 24.9 Å². The number of aliphatic hydroxyl groups excluding tert-OH is 1. The van der Waals surface area contributed by atoms with Crippen molar-refractivity contribution in [1.82, 2.24) is 9.97 Å². The first-order chi connectivity index (χ1) is 25.4. The van der Waals surface area contributed by atoms with Crippen LogP contribution in [0.15, 0.2) is 103 Å². The third-order valence-electron chi connectivity index (χ3n) is 14.0. The van der Waals surface area contributed by atoms with E-state index >= 15 is 0 Å². The van der Waals surface area contributed by atoms with E-state index in [1.54, 1.807) is 18.5 Å². The third-order valence-corrected chi connectivity index (χ3v) is 14.0. The zero-order valence-corrected chi connectivity index (χ0v) is 32.6. The van der Waals surface area contributed by atoms with Crippen LogP contribution in [0.1, 0.15) is 77.0 Å². The van der Waals surface area contributed by atoms with Gasteiger partial charge in [0.1, 0.15) is 5.76 Å². The Morgan fingerprint density at radius 3 is 1.91 bits per heavy atom. The van der Waals surface area contributed by atoms with E-state index in [1.165, 1.54) is 49.3 Å². The molecule has 2 aromatic heterocycles. The summed E-state index contributed by atoms with van der Waals surface area (Å²) in [7, 11) is 0. The molecule has 8 aliphatic carbocycles. The smallest absolute Gasteiger partial charge is 0.223 e. The molecule has 0 spiro atoms. The Hall–Kier alpha value is -3.86. The topological polar surface area (TPSA) is 72.3 Å². The van der Waals surface area contributed by atoms with E-state index in [2.05, 4.69) is 40.3 Å². The van der Waals surface area contributed by atoms with E-state index in [0.29, 0.717) is 23.2 Å². The monoisotopic (exact) mass is 880 g/mol. The van der Waals surface area contributed by atoms with Crippen LogP contribution in [0.2, 0.25) is 0 Å². The molecule has 8 fully saturated rings. The average molecular weight is 880 g/mol. The number of rotatable bonds is 6. The number of aliphatic hydroxyl groups is 1. The number of aromatic nitrogens is 2. The van der Waals surface area contributed by atoms with Gasteiger partial charge >= 0.3 is 0 Å². The van der Waals surface area contributed by atoms with Crippen LogP contribution in [-0.4, -0.2) is 20.9 Å². The van der Waals surface area contributed by atoms with Crippen molar-refractivity contribution < 1.29 is 34.7 Å². The van der Waals surface area contributed by atoms with Gasteiger partial charge in [-0.1, -0.05) is 66.9 Å². The van der Waals surface area contributed by atoms with Crippen molar-refractivity contribution in [2.24, 2.45) is 46.3 Å². The standard InChI is InChI=1S/C24H15N2O.C23H32O2.Ir/c1-2-7-18(8-3-1)23-16-19(12-14-25-23)27-24-22-11-10-17-6-4-5-9-20(17)21(22)13-15-26-24;24-20(22-8-14-1-15(9-22)3-16(2-14)10-22)7-21(25)23-11-17-4-18(12-23)6-19(5-17)13-23;/h1-11,13-16H;7,14-19,24H,1-6,8-13H2;/q-1;;/b;20-7-;. The van der Waals surface area contributed by atoms with Gasteiger partial charge in [0.15, 0.2) is 5.78 Å². The predicted octanol–water partition coefficient (Wildman–Crippen LogP) is 11.5. The predicted molar refractivity (Wildman–Crippen MR) is 205 cm³/mol. The summed E-state index contributed by atoms with van der Waals surface area (Å²) in [4.78, 5) is 22.2. The molecule has 0 amide bonds. The van der Waals surface area contributed by atoms with Gasteiger partial charge in [0.2, 0.25) is 5.88 Å². The molecule has 2 heterocycles. The molecule has 8 bridgehead atoms. The van der Waals surface area contributed by atoms with Crippen molar-refractivity contribution in [1.29, 1.82) is 0 Å². The Bertz CT molecular complexity index is 2120. The fourth-order valence-electron chi connectivity index (χ4n) is 12.6. The molecule has 0 aliphatic heterocycles. The summed E-state index contributed by atoms with van der Waals surface area (Å²) in [5.41, 5.74) is 1.76. The second-order valence-electron chi connectivity index (χ2n) is 17.6. The van der Waals surface area contributed by atoms with E-state index < -0.39 is 0 Å². The molecule has 0 saturated heterocycles. The van der Waals surface area contributed by atoms with Crippen LogP contribution in [0.4, 0.5) is 0 Å². The summed E-state index contributed by atoms with van der Waals surface area (Å²) in [6.45, 7) is 0. The Morgan fingerprint density at radius 2 is 1.26 bits per heavy atom. The average Bonchev–Trinajstić information content (AvgIpc) is 3.14. The number of allylic oxidation sites excluding steroid dienone is 2. The Labute approximate surface area is 326 Å². The molecule has 0 unspecified atom stereocenters. The van der Waals surface area contributed by atoms with Gasteiger partial charge in [-0.15, -0.1) is 6.07 Å². The van der Waals surface area contributed by atoms with Gasteiger partial charge in [0, 0.05) is 48.6 Å². The Balaban J connectivity index is 0.000000138. The first-order valence-electron chi connectivity index (χ1n) is 19.7. The number of fused-ring (bicyclic) bond motifs is 3. The molecule has 8 aliphatic rings. The molecule has 5 nitrogen and oxygen atoms in total. The summed E-state index contributed by atoms with van der Waals surface area (Å²) in [5, 5.41) is 15.6. The van der Waals surface area contributed by atoms with E-state index in [-0.39, 0.29) is 30.9 Å². The number of pyridine rings is 2. The number of nitrogens with zero attached hydrogens (tertiary/aromatic N) is 2. The van der Waals surface area contributed by atoms with Crippen LogP contribution in [0.5, 0.6) is 11.6 Å². The number of ether oxygens (including phenoxy) is 1. The van der Waals surface area contributed by atoms with Crippen LogP contribution < -0.4 is 4.74 Å². The Kier molecular flexibility index (Phi) is 9.06. The van der Waals surface area contributed by atoms with Crippen molar-refractivity contribution >= 4 is 27.3 Å². The molecule has 1 N–H and O–H groups in total. The van der Waals surface area contributed by atoms with Gasteiger partial charge in [0.05, 0.1) is 0 Å². The van der Waals surface area contributed by atoms with Crippen LogP contribution in [0, 0.1) is 52.4 Å². The van der Waals surface area contributed by atoms with E-state index in [4.69, 9.17) is 4.74 Å². The third kappa shape index (κ3) is 6.44. The molecule has 6 heteroatoms. The van der Waals surface area contributed by atoms with Crippen molar-refractivity contribution in [3.63, 3.8) is 0 Å². The first kappa shape index (κ1) is 34.9. The first-order valence-corrected chi connectivity index (χ1v) is 19.7. The number of benzene rings is 3. The molecule has 1 radical (unpaired) electrons. The summed E-state index contributed by atoms with van der Waals surface area (Å²) in [6.07, 6.45) is 20.2. The molecule has 53 heavy (non-hydrogen) atoms. The fourth-order valence-corrected chi connectivity index (χ4v) is 12.6. The van der Waals surface area contributed by atoms with Crippen LogP contribution in [0.3, 0.4) is 0 Å². The number of hydrogen-bond donors (Lipinski definition) is 1. The zero-order chi connectivity index (χ0) is 34.9. The molecular formula is C47H47IrN2O3-. The number of carbonyl (C=O) groups is 1. The maximum absolute atomic E-state index is 13.4. The van der Waals surface area contributed by atoms with E-state index in [1.807, 2.05) is 54.6 Å². The second kappa shape index (κ2) is 13.8. The van der Waals surface area contributed by atoms with Gasteiger partial charge in [-0.2, -0.15) is 6.07 Å². The zero-order valence-electron chi connectivity index (χ0n) is 30.2. The van der Waals surface area contributed by atoms with Gasteiger partial charge in [-0.25, -0.2) is 4.98 Å². The minimum atomic E-state index is -0.0922. The molecule has 8 saturated carbocycles. The maximum Gasteiger partial charge on any atom is 0.223 e. The van der Waals surface area contributed by atoms with Crippen molar-refractivity contribution in [3.8, 4) is 22.9 Å². The normalized spacial score (nSPS) is 31.9. The van der Waals surface area contributed by atoms with Crippen molar-refractivity contribution in [2.75, 3.05) is 0 Å². The summed E-state index contributed by atoms with van der Waals surface area (Å²) in [6, 6.07) is 29.5. The van der Waals surface area contributed by atoms with Gasteiger partial charge in [0.25, 0.3) is 0 Å². The molecular weight excluding hydrogens is 833 g/mol. The van der Waals surface area contributed by atoms with Crippen LogP contribution >= 0.6 is 0 Å². The quantitative estimate of drug-likeness (QED) is 0.0796. The Morgan fingerprint density at radius 1 is 0.679 bits per heavy atom. The molecule has 13 rings (SSSR count). The summed E-state index contributed by atoms with van der Waals surface area (Å²) >= 11 is 0. The van der Waals surface area contributed by atoms with Crippen LogP contribution in [0.25, 0.3) is 32.8 Å². The maximum atomic E-state index is 13.4. The second-order valence-corrected chi connectivity index (χ2v) is 17.6. The van der Waals surface area contributed by atoms with E-state index in [0.717, 1.165) is 96.1 Å². The SMILES string of the molecule is O=C(/C=C(\O)C12CC3CC(CC(C3)C1)C2)C12CC3CC(CC(C3)C1)C2.[Ir].[c-]1cnc(-c2ccccc2)cc1Oc1nccc2c1ccc1ccccc12. The van der Waals surface area contributed by atoms with Crippen molar-refractivity contribution in [3.05, 3.63) is 109 Å². The molecule has 273 valence electrons. The van der Waals surface area contributed by atoms with E-state index in [9.17, 15) is 9.90 Å². The number of ketones is 1. The molecule has 5 aromatic rings. The minimum Gasteiger partial charge on any atom is -0.512 e. The number of carbonyl (C=O) groups excluding carboxylic acids is 1. The minimum absolute atomic E-state index is 0. The van der Waals surface area contributed by atoms with Gasteiger partial charge < -0.3 is 9.84 Å². The largest absolute Gasteiger partial charge is 0.512 e. The summed E-state index contributed by atoms with van der Waals surface area (Å²) < 4.78 is 6.10. The van der Waals surface area contributed by atoms with Gasteiger partial charge in [-0.3, -0.25) is 9.78 Å². The fraction of sp³-hybridized carbons (Fsp3) is 0.426. The summed E-state index contributed by atoms with van der Waals surface area (Å²) in [5.74, 6) is 6.80. The molecule has 3 aromatic carbocycles.